The van der Waals surface area contributed by atoms with Crippen LogP contribution >= 0.6 is 0 Å². The number of nitrogens with zero attached hydrogens (tertiary/aromatic N) is 2. The summed E-state index contributed by atoms with van der Waals surface area (Å²) in [5, 5.41) is 10.2. The summed E-state index contributed by atoms with van der Waals surface area (Å²) in [5.74, 6) is 1.27. The van der Waals surface area contributed by atoms with Crippen molar-refractivity contribution in [2.45, 2.75) is 59.5 Å². The van der Waals surface area contributed by atoms with Crippen LogP contribution in [0.3, 0.4) is 0 Å². The SMILES string of the molecule is Cc1cc(OC[C@H]2CCCN(C(O)OC(C)(C)C)C2)cc(C)n1. The van der Waals surface area contributed by atoms with Gasteiger partial charge in [0.1, 0.15) is 5.75 Å². The van der Waals surface area contributed by atoms with Crippen molar-refractivity contribution >= 4 is 0 Å². The predicted molar refractivity (Wildman–Crippen MR) is 90.3 cm³/mol. The molecule has 1 N–H and O–H groups in total. The lowest BCUT2D eigenvalue weighted by Crippen LogP contribution is -2.47. The van der Waals surface area contributed by atoms with E-state index >= 15 is 0 Å². The van der Waals surface area contributed by atoms with Crippen LogP contribution in [0.15, 0.2) is 12.1 Å². The summed E-state index contributed by atoms with van der Waals surface area (Å²) in [6, 6.07) is 3.93. The summed E-state index contributed by atoms with van der Waals surface area (Å²) in [7, 11) is 0. The van der Waals surface area contributed by atoms with Gasteiger partial charge in [0.15, 0.2) is 0 Å². The van der Waals surface area contributed by atoms with Crippen molar-refractivity contribution in [3.63, 3.8) is 0 Å². The fourth-order valence-electron chi connectivity index (χ4n) is 2.92. The third-order valence-electron chi connectivity index (χ3n) is 3.86. The van der Waals surface area contributed by atoms with Gasteiger partial charge in [-0.15, -0.1) is 0 Å². The molecule has 1 unspecified atom stereocenters. The van der Waals surface area contributed by atoms with Crippen LogP contribution in [-0.2, 0) is 4.74 Å². The van der Waals surface area contributed by atoms with Crippen molar-refractivity contribution in [1.29, 1.82) is 0 Å². The molecule has 0 saturated carbocycles. The number of hydrogen-bond donors (Lipinski definition) is 1. The minimum absolute atomic E-state index is 0.352. The highest BCUT2D eigenvalue weighted by Crippen LogP contribution is 2.22. The highest BCUT2D eigenvalue weighted by molar-refractivity contribution is 5.26. The fraction of sp³-hybridized carbons (Fsp3) is 0.722. The molecule has 0 aromatic carbocycles. The van der Waals surface area contributed by atoms with Crippen LogP contribution in [0.2, 0.25) is 0 Å². The normalized spacial score (nSPS) is 21.2. The Hall–Kier alpha value is -1.17. The van der Waals surface area contributed by atoms with Crippen LogP contribution in [0.25, 0.3) is 0 Å². The molecule has 1 fully saturated rings. The second-order valence-corrected chi connectivity index (χ2v) is 7.46. The van der Waals surface area contributed by atoms with Crippen molar-refractivity contribution < 1.29 is 14.6 Å². The van der Waals surface area contributed by atoms with Crippen LogP contribution in [0.1, 0.15) is 45.0 Å². The lowest BCUT2D eigenvalue weighted by atomic mass is 9.99. The van der Waals surface area contributed by atoms with Crippen molar-refractivity contribution in [3.05, 3.63) is 23.5 Å². The van der Waals surface area contributed by atoms with Crippen LogP contribution < -0.4 is 4.74 Å². The summed E-state index contributed by atoms with van der Waals surface area (Å²) >= 11 is 0. The van der Waals surface area contributed by atoms with Gasteiger partial charge in [-0.05, 0) is 47.5 Å². The average Bonchev–Trinajstić information content (AvgIpc) is 2.43. The zero-order valence-corrected chi connectivity index (χ0v) is 15.0. The molecule has 0 radical (unpaired) electrons. The van der Waals surface area contributed by atoms with E-state index in [4.69, 9.17) is 9.47 Å². The Morgan fingerprint density at radius 2 is 1.96 bits per heavy atom. The van der Waals surface area contributed by atoms with Gasteiger partial charge < -0.3 is 14.6 Å². The standard InChI is InChI=1S/C18H30N2O3/c1-13-9-16(10-14(2)19-13)22-12-15-7-6-8-20(11-15)17(21)23-18(3,4)5/h9-10,15,17,21H,6-8,11-12H2,1-5H3/t15-,17?/m0/s1. The van der Waals surface area contributed by atoms with Gasteiger partial charge in [-0.3, -0.25) is 9.88 Å². The Morgan fingerprint density at radius 1 is 1.30 bits per heavy atom. The summed E-state index contributed by atoms with van der Waals surface area (Å²) in [6.07, 6.45) is 1.32. The van der Waals surface area contributed by atoms with E-state index in [-0.39, 0.29) is 5.60 Å². The lowest BCUT2D eigenvalue weighted by Gasteiger charge is -2.37. The van der Waals surface area contributed by atoms with Crippen molar-refractivity contribution in [2.24, 2.45) is 5.92 Å². The quantitative estimate of drug-likeness (QED) is 0.845. The predicted octanol–water partition coefficient (Wildman–Crippen LogP) is 2.88. The summed E-state index contributed by atoms with van der Waals surface area (Å²) in [5.41, 5.74) is 1.59. The topological polar surface area (TPSA) is 54.8 Å². The second kappa shape index (κ2) is 7.60. The molecule has 0 aliphatic carbocycles. The van der Waals surface area contributed by atoms with Gasteiger partial charge in [-0.2, -0.15) is 0 Å². The number of ether oxygens (including phenoxy) is 2. The van der Waals surface area contributed by atoms with E-state index in [1.807, 2.05) is 51.7 Å². The minimum atomic E-state index is -0.844. The number of aryl methyl sites for hydroxylation is 2. The number of aromatic nitrogens is 1. The van der Waals surface area contributed by atoms with Crippen LogP contribution in [0, 0.1) is 19.8 Å². The first-order valence-corrected chi connectivity index (χ1v) is 8.41. The molecule has 5 nitrogen and oxygen atoms in total. The maximum Gasteiger partial charge on any atom is 0.216 e. The van der Waals surface area contributed by atoms with Gasteiger partial charge in [0.05, 0.1) is 12.2 Å². The molecule has 0 amide bonds. The zero-order valence-electron chi connectivity index (χ0n) is 15.0. The first kappa shape index (κ1) is 18.2. The van der Waals surface area contributed by atoms with Crippen LogP contribution in [0.4, 0.5) is 0 Å². The molecule has 2 heterocycles. The maximum absolute atomic E-state index is 10.2. The van der Waals surface area contributed by atoms with Crippen molar-refractivity contribution in [2.75, 3.05) is 19.7 Å². The number of aliphatic hydroxyl groups is 1. The Balaban J connectivity index is 1.86. The van der Waals surface area contributed by atoms with Gasteiger partial charge >= 0.3 is 0 Å². The van der Waals surface area contributed by atoms with Gasteiger partial charge in [0.25, 0.3) is 0 Å². The highest BCUT2D eigenvalue weighted by atomic mass is 16.6. The molecule has 0 spiro atoms. The van der Waals surface area contributed by atoms with Gasteiger partial charge in [0, 0.05) is 42.5 Å². The van der Waals surface area contributed by atoms with E-state index in [1.165, 1.54) is 0 Å². The van der Waals surface area contributed by atoms with E-state index < -0.39 is 6.41 Å². The van der Waals surface area contributed by atoms with Crippen molar-refractivity contribution in [3.8, 4) is 5.75 Å². The monoisotopic (exact) mass is 322 g/mol. The van der Waals surface area contributed by atoms with E-state index in [0.717, 1.165) is 43.1 Å². The molecule has 1 aromatic rings. The fourth-order valence-corrected chi connectivity index (χ4v) is 2.92. The number of pyridine rings is 1. The van der Waals surface area contributed by atoms with E-state index in [1.54, 1.807) is 0 Å². The molecule has 130 valence electrons. The molecule has 2 rings (SSSR count). The van der Waals surface area contributed by atoms with E-state index in [2.05, 4.69) is 4.98 Å². The molecule has 1 saturated heterocycles. The Labute approximate surface area is 139 Å². The lowest BCUT2D eigenvalue weighted by molar-refractivity contribution is -0.245. The largest absolute Gasteiger partial charge is 0.493 e. The maximum atomic E-state index is 10.2. The molecule has 5 heteroatoms. The Kier molecular flexibility index (Phi) is 6.00. The minimum Gasteiger partial charge on any atom is -0.493 e. The third-order valence-corrected chi connectivity index (χ3v) is 3.86. The second-order valence-electron chi connectivity index (χ2n) is 7.46. The van der Waals surface area contributed by atoms with E-state index in [9.17, 15) is 5.11 Å². The summed E-state index contributed by atoms with van der Waals surface area (Å²) in [4.78, 5) is 6.35. The van der Waals surface area contributed by atoms with Gasteiger partial charge in [0.2, 0.25) is 6.41 Å². The summed E-state index contributed by atoms with van der Waals surface area (Å²) < 4.78 is 11.6. The molecular weight excluding hydrogens is 292 g/mol. The van der Waals surface area contributed by atoms with Crippen LogP contribution in [0.5, 0.6) is 5.75 Å². The number of rotatable bonds is 5. The molecule has 1 aliphatic rings. The average molecular weight is 322 g/mol. The number of piperidine rings is 1. The third kappa shape index (κ3) is 6.09. The zero-order chi connectivity index (χ0) is 17.0. The van der Waals surface area contributed by atoms with E-state index in [0.29, 0.717) is 12.5 Å². The molecule has 1 aliphatic heterocycles. The Bertz CT molecular complexity index is 493. The van der Waals surface area contributed by atoms with Crippen LogP contribution in [-0.4, -0.2) is 46.7 Å². The number of likely N-dealkylation sites (tertiary alicyclic amines) is 1. The molecule has 0 bridgehead atoms. The molecule has 1 aromatic heterocycles. The van der Waals surface area contributed by atoms with Crippen molar-refractivity contribution in [1.82, 2.24) is 9.88 Å². The highest BCUT2D eigenvalue weighted by Gasteiger charge is 2.28. The van der Waals surface area contributed by atoms with Gasteiger partial charge in [-0.1, -0.05) is 0 Å². The van der Waals surface area contributed by atoms with Gasteiger partial charge in [-0.25, -0.2) is 0 Å². The first-order chi connectivity index (χ1) is 10.7. The molecular formula is C18H30N2O3. The molecule has 2 atom stereocenters. The molecule has 23 heavy (non-hydrogen) atoms. The number of hydrogen-bond acceptors (Lipinski definition) is 5. The smallest absolute Gasteiger partial charge is 0.216 e. The summed E-state index contributed by atoms with van der Waals surface area (Å²) in [6.45, 7) is 12.1. The first-order valence-electron chi connectivity index (χ1n) is 8.41. The Morgan fingerprint density at radius 3 is 2.57 bits per heavy atom. The number of aliphatic hydroxyl groups excluding tert-OH is 1.